The summed E-state index contributed by atoms with van der Waals surface area (Å²) in [4.78, 5) is 28.4. The molecule has 1 fully saturated rings. The van der Waals surface area contributed by atoms with E-state index in [9.17, 15) is 4.79 Å². The highest BCUT2D eigenvalue weighted by atomic mass is 32.2. The first-order valence-electron chi connectivity index (χ1n) is 12.7. The number of likely N-dealkylation sites (N-methyl/N-ethyl adjacent to an activating group) is 1. The van der Waals surface area contributed by atoms with E-state index >= 15 is 0 Å². The molecule has 0 spiro atoms. The zero-order valence-electron chi connectivity index (χ0n) is 21.9. The van der Waals surface area contributed by atoms with Crippen molar-refractivity contribution in [3.05, 3.63) is 95.7 Å². The van der Waals surface area contributed by atoms with Crippen molar-refractivity contribution in [2.75, 3.05) is 48.8 Å². The van der Waals surface area contributed by atoms with Crippen molar-refractivity contribution in [2.45, 2.75) is 23.8 Å². The van der Waals surface area contributed by atoms with E-state index in [1.165, 1.54) is 17.4 Å². The summed E-state index contributed by atoms with van der Waals surface area (Å²) in [5, 5.41) is 6.97. The minimum atomic E-state index is -0.232. The molecule has 1 aromatic heterocycles. The van der Waals surface area contributed by atoms with Gasteiger partial charge in [0, 0.05) is 54.3 Å². The fourth-order valence-corrected chi connectivity index (χ4v) is 5.31. The lowest BCUT2D eigenvalue weighted by Crippen LogP contribution is -2.44. The molecule has 1 aliphatic rings. The first-order valence-corrected chi connectivity index (χ1v) is 13.6. The Kier molecular flexibility index (Phi) is 7.91. The van der Waals surface area contributed by atoms with Gasteiger partial charge in [0.05, 0.1) is 5.56 Å². The number of carbonyl (C=O) groups is 1. The van der Waals surface area contributed by atoms with Gasteiger partial charge in [-0.25, -0.2) is 9.97 Å². The van der Waals surface area contributed by atoms with Gasteiger partial charge in [0.1, 0.15) is 5.03 Å². The molecule has 4 aromatic rings. The fraction of sp³-hybridized carbons (Fsp3) is 0.233. The van der Waals surface area contributed by atoms with Crippen LogP contribution in [0, 0.1) is 13.8 Å². The molecule has 2 N–H and O–H groups in total. The lowest BCUT2D eigenvalue weighted by Gasteiger charge is -2.34. The van der Waals surface area contributed by atoms with Gasteiger partial charge >= 0.3 is 0 Å². The van der Waals surface area contributed by atoms with Crippen LogP contribution >= 0.6 is 11.8 Å². The molecular formula is C30H32N6OS. The zero-order chi connectivity index (χ0) is 26.5. The Morgan fingerprint density at radius 3 is 2.24 bits per heavy atom. The van der Waals surface area contributed by atoms with Crippen LogP contribution < -0.4 is 15.5 Å². The number of carbonyl (C=O) groups excluding carboxylic acids is 1. The summed E-state index contributed by atoms with van der Waals surface area (Å²) < 4.78 is 0. The van der Waals surface area contributed by atoms with E-state index in [4.69, 9.17) is 4.98 Å². The molecule has 2 heterocycles. The molecule has 7 nitrogen and oxygen atoms in total. The molecule has 1 saturated heterocycles. The number of piperazine rings is 1. The zero-order valence-corrected chi connectivity index (χ0v) is 22.8. The Balaban J connectivity index is 1.38. The Morgan fingerprint density at radius 1 is 0.868 bits per heavy atom. The van der Waals surface area contributed by atoms with Crippen molar-refractivity contribution in [3.8, 4) is 0 Å². The number of aryl methyl sites for hydroxylation is 2. The predicted molar refractivity (Wildman–Crippen MR) is 156 cm³/mol. The summed E-state index contributed by atoms with van der Waals surface area (Å²) in [6.07, 6.45) is 1.60. The molecule has 194 valence electrons. The van der Waals surface area contributed by atoms with Crippen molar-refractivity contribution in [3.63, 3.8) is 0 Å². The average Bonchev–Trinajstić information content (AvgIpc) is 2.92. The van der Waals surface area contributed by atoms with E-state index in [0.29, 0.717) is 16.5 Å². The third kappa shape index (κ3) is 6.15. The maximum atomic E-state index is 13.4. The van der Waals surface area contributed by atoms with Gasteiger partial charge in [-0.2, -0.15) is 0 Å². The molecule has 1 aliphatic heterocycles. The summed E-state index contributed by atoms with van der Waals surface area (Å²) in [5.74, 6) is 0.211. The van der Waals surface area contributed by atoms with E-state index in [1.807, 2.05) is 74.5 Å². The molecule has 5 rings (SSSR count). The van der Waals surface area contributed by atoms with Gasteiger partial charge in [0.25, 0.3) is 5.91 Å². The van der Waals surface area contributed by atoms with Crippen LogP contribution in [-0.4, -0.2) is 54.0 Å². The minimum Gasteiger partial charge on any atom is -0.369 e. The summed E-state index contributed by atoms with van der Waals surface area (Å²) in [7, 11) is 2.16. The normalized spacial score (nSPS) is 13.8. The topological polar surface area (TPSA) is 73.4 Å². The lowest BCUT2D eigenvalue weighted by molar-refractivity contribution is 0.102. The Morgan fingerprint density at radius 2 is 1.55 bits per heavy atom. The number of anilines is 4. The molecule has 1 amide bonds. The molecule has 8 heteroatoms. The Bertz CT molecular complexity index is 1380. The fourth-order valence-electron chi connectivity index (χ4n) is 4.40. The van der Waals surface area contributed by atoms with E-state index in [2.05, 4.69) is 44.6 Å². The van der Waals surface area contributed by atoms with Gasteiger partial charge < -0.3 is 20.4 Å². The van der Waals surface area contributed by atoms with Gasteiger partial charge in [-0.05, 0) is 68.4 Å². The van der Waals surface area contributed by atoms with Crippen molar-refractivity contribution >= 4 is 40.7 Å². The summed E-state index contributed by atoms with van der Waals surface area (Å²) in [6.45, 7) is 8.16. The number of amides is 1. The van der Waals surface area contributed by atoms with Crippen molar-refractivity contribution in [2.24, 2.45) is 0 Å². The Hall–Kier alpha value is -3.88. The highest BCUT2D eigenvalue weighted by molar-refractivity contribution is 7.99. The lowest BCUT2D eigenvalue weighted by atomic mass is 10.1. The van der Waals surface area contributed by atoms with Crippen LogP contribution in [0.2, 0.25) is 0 Å². The van der Waals surface area contributed by atoms with E-state index in [1.54, 1.807) is 6.20 Å². The second kappa shape index (κ2) is 11.7. The minimum absolute atomic E-state index is 0.232. The first-order chi connectivity index (χ1) is 18.5. The third-order valence-electron chi connectivity index (χ3n) is 6.67. The number of hydrogen-bond donors (Lipinski definition) is 2. The standard InChI is InChI=1S/C30H32N6OS/c1-21-8-7-9-22(2)27(21)33-28(37)26-20-31-30(34-29(26)38-25-10-5-4-6-11-25)32-23-12-14-24(15-13-23)36-18-16-35(3)17-19-36/h4-15,20H,16-19H2,1-3H3,(H,33,37)(H,31,32,34). The van der Waals surface area contributed by atoms with Gasteiger partial charge in [-0.3, -0.25) is 4.79 Å². The molecule has 38 heavy (non-hydrogen) atoms. The molecule has 0 aliphatic carbocycles. The second-order valence-corrected chi connectivity index (χ2v) is 10.6. The molecule has 0 unspecified atom stereocenters. The van der Waals surface area contributed by atoms with Crippen LogP contribution in [0.15, 0.2) is 88.9 Å². The highest BCUT2D eigenvalue weighted by Gasteiger charge is 2.18. The second-order valence-electron chi connectivity index (χ2n) is 9.51. The Labute approximate surface area is 228 Å². The quantitative estimate of drug-likeness (QED) is 0.288. The monoisotopic (exact) mass is 524 g/mol. The highest BCUT2D eigenvalue weighted by Crippen LogP contribution is 2.31. The summed E-state index contributed by atoms with van der Waals surface area (Å²) in [5.41, 5.74) is 5.37. The van der Waals surface area contributed by atoms with Crippen LogP contribution in [0.25, 0.3) is 0 Å². The first kappa shape index (κ1) is 25.8. The van der Waals surface area contributed by atoms with E-state index in [-0.39, 0.29) is 5.91 Å². The van der Waals surface area contributed by atoms with Crippen LogP contribution in [0.4, 0.5) is 23.0 Å². The van der Waals surface area contributed by atoms with E-state index < -0.39 is 0 Å². The van der Waals surface area contributed by atoms with Gasteiger partial charge in [-0.1, -0.05) is 48.2 Å². The number of hydrogen-bond acceptors (Lipinski definition) is 7. The van der Waals surface area contributed by atoms with Crippen LogP contribution in [0.1, 0.15) is 21.5 Å². The third-order valence-corrected chi connectivity index (χ3v) is 7.68. The number of nitrogens with one attached hydrogen (secondary N) is 2. The van der Waals surface area contributed by atoms with Crippen LogP contribution in [-0.2, 0) is 0 Å². The molecule has 0 atom stereocenters. The molecule has 3 aromatic carbocycles. The number of rotatable bonds is 7. The van der Waals surface area contributed by atoms with Gasteiger partial charge in [0.15, 0.2) is 0 Å². The van der Waals surface area contributed by atoms with Crippen LogP contribution in [0.5, 0.6) is 0 Å². The number of para-hydroxylation sites is 1. The summed E-state index contributed by atoms with van der Waals surface area (Å²) in [6, 6.07) is 24.2. The van der Waals surface area contributed by atoms with Crippen molar-refractivity contribution in [1.82, 2.24) is 14.9 Å². The number of benzene rings is 3. The smallest absolute Gasteiger partial charge is 0.260 e. The predicted octanol–water partition coefficient (Wildman–Crippen LogP) is 5.99. The van der Waals surface area contributed by atoms with Gasteiger partial charge in [0.2, 0.25) is 5.95 Å². The van der Waals surface area contributed by atoms with Crippen molar-refractivity contribution in [1.29, 1.82) is 0 Å². The SMILES string of the molecule is Cc1cccc(C)c1NC(=O)c1cnc(Nc2ccc(N3CCN(C)CC3)cc2)nc1Sc1ccccc1. The molecule has 0 saturated carbocycles. The summed E-state index contributed by atoms with van der Waals surface area (Å²) >= 11 is 1.45. The molecule has 0 radical (unpaired) electrons. The average molecular weight is 525 g/mol. The maximum absolute atomic E-state index is 13.4. The maximum Gasteiger partial charge on any atom is 0.260 e. The largest absolute Gasteiger partial charge is 0.369 e. The molecular weight excluding hydrogens is 492 g/mol. The molecule has 0 bridgehead atoms. The van der Waals surface area contributed by atoms with E-state index in [0.717, 1.165) is 53.6 Å². The van der Waals surface area contributed by atoms with Gasteiger partial charge in [-0.15, -0.1) is 0 Å². The van der Waals surface area contributed by atoms with Crippen LogP contribution in [0.3, 0.4) is 0 Å². The van der Waals surface area contributed by atoms with Crippen molar-refractivity contribution < 1.29 is 4.79 Å². The number of aromatic nitrogens is 2. The number of nitrogens with zero attached hydrogens (tertiary/aromatic N) is 4.